The first-order valence-corrected chi connectivity index (χ1v) is 7.76. The second-order valence-electron chi connectivity index (χ2n) is 4.96. The van der Waals surface area contributed by atoms with E-state index in [0.29, 0.717) is 5.88 Å². The predicted molar refractivity (Wildman–Crippen MR) is 87.4 cm³/mol. The van der Waals surface area contributed by atoms with Crippen LogP contribution in [0.1, 0.15) is 10.4 Å². The number of para-hydroxylation sites is 1. The summed E-state index contributed by atoms with van der Waals surface area (Å²) < 4.78 is 19.0. The van der Waals surface area contributed by atoms with Crippen molar-refractivity contribution >= 4 is 33.1 Å². The third-order valence-corrected chi connectivity index (χ3v) is 4.53. The molecule has 23 heavy (non-hydrogen) atoms. The summed E-state index contributed by atoms with van der Waals surface area (Å²) in [5.41, 5.74) is 1.16. The number of anilines is 1. The molecule has 0 atom stereocenters. The number of nitrogens with one attached hydrogen (secondary N) is 1. The summed E-state index contributed by atoms with van der Waals surface area (Å²) in [4.78, 5) is 22.2. The molecule has 0 radical (unpaired) electrons. The zero-order valence-electron chi connectivity index (χ0n) is 12.6. The minimum absolute atomic E-state index is 0.122. The van der Waals surface area contributed by atoms with Crippen molar-refractivity contribution in [1.29, 1.82) is 0 Å². The fourth-order valence-corrected chi connectivity index (χ4v) is 3.13. The van der Waals surface area contributed by atoms with Crippen LogP contribution in [-0.2, 0) is 4.79 Å². The summed E-state index contributed by atoms with van der Waals surface area (Å²) in [5.74, 6) is -0.582. The first kappa shape index (κ1) is 15.4. The van der Waals surface area contributed by atoms with Crippen molar-refractivity contribution in [3.8, 4) is 5.88 Å². The Kier molecular flexibility index (Phi) is 4.20. The Bertz CT molecular complexity index is 879. The van der Waals surface area contributed by atoms with Crippen molar-refractivity contribution in [2.45, 2.75) is 13.8 Å². The quantitative estimate of drug-likeness (QED) is 0.795. The van der Waals surface area contributed by atoms with Gasteiger partial charge >= 0.3 is 0 Å². The van der Waals surface area contributed by atoms with Gasteiger partial charge in [0, 0.05) is 4.88 Å². The molecule has 1 aromatic carbocycles. The molecule has 0 saturated heterocycles. The fraction of sp³-hybridized carbons (Fsp3) is 0.188. The van der Waals surface area contributed by atoms with Gasteiger partial charge in [0.15, 0.2) is 6.61 Å². The number of hydrogen-bond acceptors (Lipinski definition) is 5. The Hall–Kier alpha value is -2.54. The maximum absolute atomic E-state index is 13.5. The number of carbonyl (C=O) groups is 1. The standard InChI is InChI=1S/C16H14FN3O2S/c1-9-10(2)23-16-14(9)15(18-8-19-16)22-7-13(21)20-12-6-4-3-5-11(12)17/h3-6,8H,7H2,1-2H3,(H,20,21). The largest absolute Gasteiger partial charge is 0.467 e. The van der Waals surface area contributed by atoms with E-state index in [9.17, 15) is 9.18 Å². The van der Waals surface area contributed by atoms with Crippen LogP contribution in [0.25, 0.3) is 10.2 Å². The number of hydrogen-bond donors (Lipinski definition) is 1. The van der Waals surface area contributed by atoms with Gasteiger partial charge in [-0.1, -0.05) is 12.1 Å². The first-order valence-electron chi connectivity index (χ1n) is 6.94. The van der Waals surface area contributed by atoms with Crippen LogP contribution in [0.15, 0.2) is 30.6 Å². The van der Waals surface area contributed by atoms with E-state index in [-0.39, 0.29) is 12.3 Å². The molecule has 1 N–H and O–H groups in total. The second-order valence-corrected chi connectivity index (χ2v) is 6.16. The average molecular weight is 331 g/mol. The molecule has 0 spiro atoms. The van der Waals surface area contributed by atoms with Crippen molar-refractivity contribution in [2.24, 2.45) is 0 Å². The number of carbonyl (C=O) groups excluding carboxylic acids is 1. The maximum Gasteiger partial charge on any atom is 0.262 e. The minimum Gasteiger partial charge on any atom is -0.467 e. The topological polar surface area (TPSA) is 64.1 Å². The molecule has 0 saturated carbocycles. The van der Waals surface area contributed by atoms with E-state index in [1.165, 1.54) is 18.5 Å². The number of nitrogens with zero attached hydrogens (tertiary/aromatic N) is 2. The molecule has 0 bridgehead atoms. The Labute approximate surface area is 136 Å². The molecule has 0 fully saturated rings. The summed E-state index contributed by atoms with van der Waals surface area (Å²) in [6.07, 6.45) is 1.40. The molecule has 5 nitrogen and oxygen atoms in total. The highest BCUT2D eigenvalue weighted by atomic mass is 32.1. The van der Waals surface area contributed by atoms with E-state index in [4.69, 9.17) is 4.74 Å². The molecule has 7 heteroatoms. The number of aromatic nitrogens is 2. The van der Waals surface area contributed by atoms with E-state index in [1.807, 2.05) is 13.8 Å². The van der Waals surface area contributed by atoms with Crippen LogP contribution >= 0.6 is 11.3 Å². The maximum atomic E-state index is 13.5. The van der Waals surface area contributed by atoms with Crippen molar-refractivity contribution < 1.29 is 13.9 Å². The minimum atomic E-state index is -0.491. The van der Waals surface area contributed by atoms with Gasteiger partial charge in [0.25, 0.3) is 5.91 Å². The summed E-state index contributed by atoms with van der Waals surface area (Å²) in [6.45, 7) is 3.70. The zero-order chi connectivity index (χ0) is 16.4. The molecule has 118 valence electrons. The van der Waals surface area contributed by atoms with Crippen LogP contribution in [0.4, 0.5) is 10.1 Å². The van der Waals surface area contributed by atoms with Crippen LogP contribution in [0.3, 0.4) is 0 Å². The molecular formula is C16H14FN3O2S. The predicted octanol–water partition coefficient (Wildman–Crippen LogP) is 3.46. The molecule has 0 aliphatic carbocycles. The van der Waals surface area contributed by atoms with Crippen LogP contribution in [0.2, 0.25) is 0 Å². The van der Waals surface area contributed by atoms with Crippen molar-refractivity contribution in [2.75, 3.05) is 11.9 Å². The molecule has 3 aromatic rings. The third-order valence-electron chi connectivity index (χ3n) is 3.42. The zero-order valence-corrected chi connectivity index (χ0v) is 13.4. The highest BCUT2D eigenvalue weighted by molar-refractivity contribution is 7.18. The Morgan fingerprint density at radius 1 is 1.30 bits per heavy atom. The number of ether oxygens (including phenoxy) is 1. The summed E-state index contributed by atoms with van der Waals surface area (Å²) in [5, 5.41) is 3.28. The van der Waals surface area contributed by atoms with Gasteiger partial charge in [0.05, 0.1) is 11.1 Å². The van der Waals surface area contributed by atoms with E-state index >= 15 is 0 Å². The summed E-state index contributed by atoms with van der Waals surface area (Å²) in [6, 6.07) is 5.97. The summed E-state index contributed by atoms with van der Waals surface area (Å²) in [7, 11) is 0. The molecule has 1 amide bonds. The van der Waals surface area contributed by atoms with Gasteiger partial charge in [0.2, 0.25) is 5.88 Å². The second kappa shape index (κ2) is 6.29. The molecule has 2 aromatic heterocycles. The number of thiophene rings is 1. The van der Waals surface area contributed by atoms with Gasteiger partial charge in [-0.05, 0) is 31.5 Å². The molecular weight excluding hydrogens is 317 g/mol. The molecule has 0 aliphatic heterocycles. The monoisotopic (exact) mass is 331 g/mol. The lowest BCUT2D eigenvalue weighted by Gasteiger charge is -2.08. The van der Waals surface area contributed by atoms with Crippen LogP contribution in [0.5, 0.6) is 5.88 Å². The van der Waals surface area contributed by atoms with Crippen molar-refractivity contribution in [3.05, 3.63) is 46.9 Å². The molecule has 0 aliphatic rings. The number of amides is 1. The van der Waals surface area contributed by atoms with Gasteiger partial charge in [-0.3, -0.25) is 4.79 Å². The van der Waals surface area contributed by atoms with Gasteiger partial charge < -0.3 is 10.1 Å². The molecule has 2 heterocycles. The van der Waals surface area contributed by atoms with E-state index < -0.39 is 11.7 Å². The highest BCUT2D eigenvalue weighted by Crippen LogP contribution is 2.33. The van der Waals surface area contributed by atoms with Crippen molar-refractivity contribution in [3.63, 3.8) is 0 Å². The number of fused-ring (bicyclic) bond motifs is 1. The van der Waals surface area contributed by atoms with E-state index in [2.05, 4.69) is 15.3 Å². The first-order chi connectivity index (χ1) is 11.1. The lowest BCUT2D eigenvalue weighted by molar-refractivity contribution is -0.118. The Morgan fingerprint density at radius 2 is 2.09 bits per heavy atom. The number of rotatable bonds is 4. The average Bonchev–Trinajstić information content (AvgIpc) is 2.83. The third kappa shape index (κ3) is 3.14. The number of aryl methyl sites for hydroxylation is 2. The smallest absolute Gasteiger partial charge is 0.262 e. The number of benzene rings is 1. The summed E-state index contributed by atoms with van der Waals surface area (Å²) >= 11 is 1.55. The molecule has 0 unspecified atom stereocenters. The fourth-order valence-electron chi connectivity index (χ4n) is 2.14. The van der Waals surface area contributed by atoms with E-state index in [1.54, 1.807) is 23.5 Å². The van der Waals surface area contributed by atoms with Gasteiger partial charge in [-0.2, -0.15) is 0 Å². The van der Waals surface area contributed by atoms with Gasteiger partial charge in [-0.15, -0.1) is 11.3 Å². The SMILES string of the molecule is Cc1sc2ncnc(OCC(=O)Nc3ccccc3F)c2c1C. The van der Waals surface area contributed by atoms with Gasteiger partial charge in [0.1, 0.15) is 17.0 Å². The normalized spacial score (nSPS) is 10.7. The van der Waals surface area contributed by atoms with Gasteiger partial charge in [-0.25, -0.2) is 14.4 Å². The van der Waals surface area contributed by atoms with E-state index in [0.717, 1.165) is 20.7 Å². The Balaban J connectivity index is 1.74. The molecule has 3 rings (SSSR count). The lowest BCUT2D eigenvalue weighted by atomic mass is 10.2. The lowest BCUT2D eigenvalue weighted by Crippen LogP contribution is -2.21. The Morgan fingerprint density at radius 3 is 2.87 bits per heavy atom. The number of halogens is 1. The van der Waals surface area contributed by atoms with Crippen LogP contribution < -0.4 is 10.1 Å². The van der Waals surface area contributed by atoms with Crippen LogP contribution in [-0.4, -0.2) is 22.5 Å². The van der Waals surface area contributed by atoms with Crippen molar-refractivity contribution in [1.82, 2.24) is 9.97 Å². The van der Waals surface area contributed by atoms with Crippen LogP contribution in [0, 0.1) is 19.7 Å². The highest BCUT2D eigenvalue weighted by Gasteiger charge is 2.14.